The third-order valence-electron chi connectivity index (χ3n) is 5.53. The lowest BCUT2D eigenvalue weighted by Gasteiger charge is -2.27. The molecule has 1 saturated heterocycles. The number of nitrogens with zero attached hydrogens (tertiary/aromatic N) is 5. The highest BCUT2D eigenvalue weighted by atomic mass is 19.1. The molecule has 1 fully saturated rings. The predicted octanol–water partition coefficient (Wildman–Crippen LogP) is 5.05. The molecule has 1 aliphatic rings. The first-order chi connectivity index (χ1) is 18.5. The summed E-state index contributed by atoms with van der Waals surface area (Å²) in [6.07, 6.45) is 4.42. The van der Waals surface area contributed by atoms with Crippen molar-refractivity contribution in [1.29, 1.82) is 0 Å². The normalized spacial score (nSPS) is 13.1. The van der Waals surface area contributed by atoms with E-state index in [0.717, 1.165) is 23.1 Å². The molecule has 0 aliphatic carbocycles. The average Bonchev–Trinajstić information content (AvgIpc) is 2.93. The Morgan fingerprint density at radius 3 is 2.37 bits per heavy atom. The number of nitrogens with one attached hydrogen (secondary N) is 2. The van der Waals surface area contributed by atoms with Crippen LogP contribution in [0, 0.1) is 19.7 Å². The zero-order valence-corrected chi connectivity index (χ0v) is 21.3. The summed E-state index contributed by atoms with van der Waals surface area (Å²) in [6.45, 7) is 6.26. The quantitative estimate of drug-likeness (QED) is 0.242. The fraction of sp³-hybridized carbons (Fsp3) is 0.214. The molecule has 2 aromatic heterocycles. The molecule has 9 nitrogen and oxygen atoms in total. The molecular weight excluding hydrogens is 485 g/mol. The van der Waals surface area contributed by atoms with Gasteiger partial charge in [0.05, 0.1) is 43.2 Å². The summed E-state index contributed by atoms with van der Waals surface area (Å²) in [4.78, 5) is 14.3. The molecule has 0 amide bonds. The van der Waals surface area contributed by atoms with Crippen molar-refractivity contribution in [2.75, 3.05) is 41.9 Å². The lowest BCUT2D eigenvalue weighted by atomic mass is 10.2. The lowest BCUT2D eigenvalue weighted by molar-refractivity contribution is 0.122. The number of phenolic OH excluding ortho intramolecular Hbond substituents is 1. The molecule has 5 rings (SSSR count). The van der Waals surface area contributed by atoms with Crippen LogP contribution in [0.2, 0.25) is 0 Å². The van der Waals surface area contributed by atoms with Crippen molar-refractivity contribution in [2.45, 2.75) is 13.8 Å². The second-order valence-corrected chi connectivity index (χ2v) is 8.64. The van der Waals surface area contributed by atoms with Gasteiger partial charge < -0.3 is 20.1 Å². The van der Waals surface area contributed by atoms with Gasteiger partial charge in [0, 0.05) is 18.8 Å². The lowest BCUT2D eigenvalue weighted by Crippen LogP contribution is -2.37. The van der Waals surface area contributed by atoms with Crippen LogP contribution in [-0.2, 0) is 4.74 Å². The second kappa shape index (κ2) is 13.1. The van der Waals surface area contributed by atoms with E-state index in [4.69, 9.17) is 9.84 Å². The number of morpholine rings is 1. The van der Waals surface area contributed by atoms with Crippen molar-refractivity contribution in [3.8, 4) is 5.75 Å². The summed E-state index contributed by atoms with van der Waals surface area (Å²) in [5.74, 6) is 0.331. The van der Waals surface area contributed by atoms with Crippen LogP contribution in [0.15, 0.2) is 78.2 Å². The minimum Gasteiger partial charge on any atom is -0.508 e. The number of hydrogen-bond acceptors (Lipinski definition) is 9. The Morgan fingerprint density at radius 2 is 1.71 bits per heavy atom. The van der Waals surface area contributed by atoms with E-state index in [1.807, 2.05) is 67.3 Å². The molecule has 0 radical (unpaired) electrons. The van der Waals surface area contributed by atoms with E-state index in [0.29, 0.717) is 37.7 Å². The largest absolute Gasteiger partial charge is 0.508 e. The van der Waals surface area contributed by atoms with Crippen LogP contribution in [0.3, 0.4) is 0 Å². The number of halogens is 1. The summed E-state index contributed by atoms with van der Waals surface area (Å²) in [6, 6.07) is 19.0. The summed E-state index contributed by atoms with van der Waals surface area (Å²) < 4.78 is 19.4. The first-order valence-electron chi connectivity index (χ1n) is 12.2. The number of anilines is 4. The molecule has 0 atom stereocenters. The van der Waals surface area contributed by atoms with Gasteiger partial charge >= 0.3 is 0 Å². The molecule has 1 aliphatic heterocycles. The van der Waals surface area contributed by atoms with Crippen molar-refractivity contribution >= 4 is 29.4 Å². The van der Waals surface area contributed by atoms with Crippen molar-refractivity contribution < 1.29 is 14.2 Å². The van der Waals surface area contributed by atoms with E-state index in [1.165, 1.54) is 5.56 Å². The molecule has 38 heavy (non-hydrogen) atoms. The zero-order chi connectivity index (χ0) is 26.7. The zero-order valence-electron chi connectivity index (χ0n) is 21.3. The third-order valence-corrected chi connectivity index (χ3v) is 5.53. The van der Waals surface area contributed by atoms with Crippen LogP contribution in [-0.4, -0.2) is 52.6 Å². The first-order valence-corrected chi connectivity index (χ1v) is 12.2. The Hall–Kier alpha value is -4.57. The van der Waals surface area contributed by atoms with Crippen LogP contribution in [0.5, 0.6) is 5.75 Å². The third kappa shape index (κ3) is 7.97. The molecule has 0 saturated carbocycles. The smallest absolute Gasteiger partial charge is 0.245 e. The molecule has 2 aromatic carbocycles. The number of pyridine rings is 1. The molecule has 0 spiro atoms. The average molecular weight is 516 g/mol. The van der Waals surface area contributed by atoms with Crippen molar-refractivity contribution in [1.82, 2.24) is 15.0 Å². The number of hydrazone groups is 1. The number of phenols is 1. The van der Waals surface area contributed by atoms with Gasteiger partial charge in [-0.15, -0.1) is 0 Å². The highest BCUT2D eigenvalue weighted by molar-refractivity contribution is 5.78. The fourth-order valence-corrected chi connectivity index (χ4v) is 3.55. The SMILES string of the molecule is Cc1ccc(Nc2ccc(/C=N/Nc3ncc(F)c(N4CCOCC4)n3)nc2)cc1.Cc1cccc(O)c1. The molecular formula is C28H30FN7O2. The minimum atomic E-state index is -0.468. The molecule has 3 N–H and O–H groups in total. The van der Waals surface area contributed by atoms with Crippen LogP contribution >= 0.6 is 0 Å². The maximum atomic E-state index is 14.1. The van der Waals surface area contributed by atoms with Crippen LogP contribution in [0.1, 0.15) is 16.8 Å². The van der Waals surface area contributed by atoms with Gasteiger partial charge in [-0.3, -0.25) is 4.98 Å². The van der Waals surface area contributed by atoms with E-state index in [9.17, 15) is 4.39 Å². The fourth-order valence-electron chi connectivity index (χ4n) is 3.55. The van der Waals surface area contributed by atoms with Gasteiger partial charge in [-0.1, -0.05) is 29.8 Å². The van der Waals surface area contributed by atoms with Crippen LogP contribution in [0.25, 0.3) is 0 Å². The topological polar surface area (TPSA) is 108 Å². The monoisotopic (exact) mass is 515 g/mol. The minimum absolute atomic E-state index is 0.215. The van der Waals surface area contributed by atoms with Gasteiger partial charge in [-0.25, -0.2) is 14.8 Å². The maximum Gasteiger partial charge on any atom is 0.245 e. The van der Waals surface area contributed by atoms with Gasteiger partial charge in [0.25, 0.3) is 0 Å². The Balaban J connectivity index is 0.000000360. The van der Waals surface area contributed by atoms with Gasteiger partial charge in [0.15, 0.2) is 11.6 Å². The van der Waals surface area contributed by atoms with Gasteiger partial charge in [0.1, 0.15) is 5.75 Å². The first kappa shape index (κ1) is 26.5. The number of hydrogen-bond donors (Lipinski definition) is 3. The Labute approximate surface area is 221 Å². The van der Waals surface area contributed by atoms with E-state index < -0.39 is 5.82 Å². The highest BCUT2D eigenvalue weighted by Crippen LogP contribution is 2.19. The Kier molecular flexibility index (Phi) is 9.14. The molecule has 0 unspecified atom stereocenters. The van der Waals surface area contributed by atoms with E-state index in [1.54, 1.807) is 24.5 Å². The molecule has 3 heterocycles. The standard InChI is InChI=1S/C21H22FN7O.C7H8O/c1-15-2-4-16(5-3-15)26-18-7-6-17(23-12-18)13-25-28-21-24-14-19(22)20(27-21)29-8-10-30-11-9-29;1-6-3-2-4-7(8)5-6/h2-7,12-14,26H,8-11H2,1H3,(H,24,27,28);2-5,8H,1H3/b25-13+;. The summed E-state index contributed by atoms with van der Waals surface area (Å²) in [7, 11) is 0. The van der Waals surface area contributed by atoms with Crippen LogP contribution < -0.4 is 15.6 Å². The number of ether oxygens (including phenoxy) is 1. The molecule has 196 valence electrons. The Morgan fingerprint density at radius 1 is 0.947 bits per heavy atom. The molecule has 4 aromatic rings. The summed E-state index contributed by atoms with van der Waals surface area (Å²) in [5, 5.41) is 16.2. The predicted molar refractivity (Wildman–Crippen MR) is 148 cm³/mol. The molecule has 10 heteroatoms. The van der Waals surface area contributed by atoms with Crippen molar-refractivity contribution in [3.63, 3.8) is 0 Å². The summed E-state index contributed by atoms with van der Waals surface area (Å²) in [5.41, 5.74) is 7.55. The van der Waals surface area contributed by atoms with Crippen molar-refractivity contribution in [3.05, 3.63) is 95.7 Å². The number of aryl methyl sites for hydroxylation is 2. The van der Waals surface area contributed by atoms with E-state index in [2.05, 4.69) is 30.8 Å². The second-order valence-electron chi connectivity index (χ2n) is 8.64. The van der Waals surface area contributed by atoms with E-state index >= 15 is 0 Å². The van der Waals surface area contributed by atoms with Gasteiger partial charge in [-0.05, 0) is 55.8 Å². The highest BCUT2D eigenvalue weighted by Gasteiger charge is 2.17. The van der Waals surface area contributed by atoms with Crippen molar-refractivity contribution in [2.24, 2.45) is 5.10 Å². The molecule has 0 bridgehead atoms. The van der Waals surface area contributed by atoms with E-state index in [-0.39, 0.29) is 11.8 Å². The van der Waals surface area contributed by atoms with Crippen LogP contribution in [0.4, 0.5) is 27.5 Å². The van der Waals surface area contributed by atoms with Gasteiger partial charge in [0.2, 0.25) is 5.95 Å². The Bertz CT molecular complexity index is 1330. The summed E-state index contributed by atoms with van der Waals surface area (Å²) >= 11 is 0. The maximum absolute atomic E-state index is 14.1. The number of aromatic hydroxyl groups is 1. The number of rotatable bonds is 6. The number of benzene rings is 2. The number of aromatic nitrogens is 3. The van der Waals surface area contributed by atoms with Gasteiger partial charge in [-0.2, -0.15) is 10.1 Å².